The largest absolute Gasteiger partial charge is 0.460 e. The molecule has 0 spiro atoms. The van der Waals surface area contributed by atoms with E-state index in [1.54, 1.807) is 0 Å². The smallest absolute Gasteiger partial charge is 0.361 e. The van der Waals surface area contributed by atoms with Crippen molar-refractivity contribution in [1.82, 2.24) is 0 Å². The topological polar surface area (TPSA) is 40.5 Å². The van der Waals surface area contributed by atoms with Crippen molar-refractivity contribution in [3.8, 4) is 0 Å². The first kappa shape index (κ1) is 22.0. The van der Waals surface area contributed by atoms with Crippen LogP contribution < -0.4 is 0 Å². The Bertz CT molecular complexity index is 404. The highest BCUT2D eigenvalue weighted by Crippen LogP contribution is 2.61. The number of halogens is 13. The minimum Gasteiger partial charge on any atom is -0.361 e. The van der Waals surface area contributed by atoms with E-state index in [9.17, 15) is 57.1 Å². The molecule has 0 aromatic carbocycles. The zero-order valence-electron chi connectivity index (χ0n) is 10.3. The molecule has 0 aliphatic rings. The molecule has 0 fully saturated rings. The van der Waals surface area contributed by atoms with Crippen molar-refractivity contribution in [3.63, 3.8) is 0 Å². The molecule has 0 heterocycles. The summed E-state index contributed by atoms with van der Waals surface area (Å²) in [6.45, 7) is -0.711. The van der Waals surface area contributed by atoms with Crippen molar-refractivity contribution in [1.29, 1.82) is 0 Å². The average molecular weight is 380 g/mol. The van der Waals surface area contributed by atoms with Crippen LogP contribution in [0.5, 0.6) is 0 Å². The number of hydrogen-bond acceptors (Lipinski definition) is 2. The molecule has 0 unspecified atom stereocenters. The van der Waals surface area contributed by atoms with Gasteiger partial charge in [-0.3, -0.25) is 0 Å². The number of alkyl halides is 13. The van der Waals surface area contributed by atoms with Gasteiger partial charge >= 0.3 is 35.8 Å². The van der Waals surface area contributed by atoms with E-state index in [0.29, 0.717) is 0 Å². The number of aliphatic hydroxyl groups is 2. The Hall–Kier alpha value is -0.990. The Morgan fingerprint density at radius 3 is 0.870 bits per heavy atom. The number of rotatable bonds is 5. The van der Waals surface area contributed by atoms with E-state index in [2.05, 4.69) is 0 Å². The summed E-state index contributed by atoms with van der Waals surface area (Å²) in [6.07, 6.45) is -7.51. The Morgan fingerprint density at radius 1 is 0.435 bits per heavy atom. The Kier molecular flexibility index (Phi) is 4.79. The van der Waals surface area contributed by atoms with Gasteiger partial charge in [0.1, 0.15) is 0 Å². The van der Waals surface area contributed by atoms with Crippen LogP contribution in [0.4, 0.5) is 57.1 Å². The molecule has 2 N–H and O–H groups in total. The molecular formula is C8H5F13O2. The normalized spacial score (nSPS) is 16.7. The van der Waals surface area contributed by atoms with Gasteiger partial charge in [0, 0.05) is 0 Å². The fraction of sp³-hybridized carbons (Fsp3) is 1.00. The van der Waals surface area contributed by atoms with Crippen LogP contribution in [-0.2, 0) is 0 Å². The summed E-state index contributed by atoms with van der Waals surface area (Å²) in [5.74, 6) is -43.7. The molecule has 0 rings (SSSR count). The van der Waals surface area contributed by atoms with Crippen LogP contribution in [0, 0.1) is 0 Å². The summed E-state index contributed by atoms with van der Waals surface area (Å²) >= 11 is 0. The third-order valence-corrected chi connectivity index (χ3v) is 2.53. The summed E-state index contributed by atoms with van der Waals surface area (Å²) in [5.41, 5.74) is 0. The van der Waals surface area contributed by atoms with Crippen LogP contribution in [0.1, 0.15) is 6.92 Å². The second kappa shape index (κ2) is 5.00. The highest BCUT2D eigenvalue weighted by atomic mass is 19.4. The summed E-state index contributed by atoms with van der Waals surface area (Å²) < 4.78 is 162. The van der Waals surface area contributed by atoms with E-state index in [1.807, 2.05) is 0 Å². The molecule has 140 valence electrons. The molecule has 0 radical (unpaired) electrons. The third kappa shape index (κ3) is 2.70. The SMILES string of the molecule is CC(O)(O)C(F)(F)C(F)(F)C(F)(F)C(F)(F)C(F)(F)C(F)(F)F. The Labute approximate surface area is 117 Å². The fourth-order valence-corrected chi connectivity index (χ4v) is 1.07. The summed E-state index contributed by atoms with van der Waals surface area (Å²) in [4.78, 5) is 0. The first-order chi connectivity index (χ1) is 9.50. The highest BCUT2D eigenvalue weighted by Gasteiger charge is 2.92. The molecule has 15 heteroatoms. The summed E-state index contributed by atoms with van der Waals surface area (Å²) in [7, 11) is 0. The zero-order chi connectivity index (χ0) is 19.5. The van der Waals surface area contributed by atoms with E-state index < -0.39 is 48.5 Å². The van der Waals surface area contributed by atoms with Crippen molar-refractivity contribution >= 4 is 0 Å². The monoisotopic (exact) mass is 380 g/mol. The quantitative estimate of drug-likeness (QED) is 0.567. The molecule has 2 nitrogen and oxygen atoms in total. The molecule has 0 aliphatic heterocycles. The fourth-order valence-electron chi connectivity index (χ4n) is 1.07. The first-order valence-electron chi connectivity index (χ1n) is 4.90. The maximum atomic E-state index is 12.9. The molecule has 0 atom stereocenters. The van der Waals surface area contributed by atoms with Crippen molar-refractivity contribution in [3.05, 3.63) is 0 Å². The predicted molar refractivity (Wildman–Crippen MR) is 43.6 cm³/mol. The van der Waals surface area contributed by atoms with Crippen LogP contribution >= 0.6 is 0 Å². The van der Waals surface area contributed by atoms with Crippen molar-refractivity contribution in [2.24, 2.45) is 0 Å². The lowest BCUT2D eigenvalue weighted by Gasteiger charge is -2.42. The standard InChI is InChI=1S/C8H5F13O2/c1-2(22,23)3(9,10)4(11,12)5(13,14)6(15,16)7(17,18)8(19,20)21/h22-23H,1H3. The predicted octanol–water partition coefficient (Wildman–Crippen LogP) is 3.43. The van der Waals surface area contributed by atoms with Crippen LogP contribution in [-0.4, -0.2) is 51.8 Å². The van der Waals surface area contributed by atoms with Gasteiger partial charge in [0.05, 0.1) is 0 Å². The van der Waals surface area contributed by atoms with Crippen LogP contribution in [0.2, 0.25) is 0 Å². The van der Waals surface area contributed by atoms with Gasteiger partial charge in [0.2, 0.25) is 5.79 Å². The van der Waals surface area contributed by atoms with Gasteiger partial charge in [-0.15, -0.1) is 0 Å². The van der Waals surface area contributed by atoms with Gasteiger partial charge in [-0.2, -0.15) is 57.1 Å². The lowest BCUT2D eigenvalue weighted by molar-refractivity contribution is -0.460. The molecule has 0 bridgehead atoms. The van der Waals surface area contributed by atoms with E-state index in [0.717, 1.165) is 0 Å². The van der Waals surface area contributed by atoms with E-state index >= 15 is 0 Å². The van der Waals surface area contributed by atoms with Crippen molar-refractivity contribution in [2.75, 3.05) is 0 Å². The number of hydrogen-bond donors (Lipinski definition) is 2. The Balaban J connectivity index is 6.37. The van der Waals surface area contributed by atoms with Gasteiger partial charge in [0.25, 0.3) is 0 Å². The van der Waals surface area contributed by atoms with Gasteiger partial charge < -0.3 is 10.2 Å². The molecule has 0 aromatic heterocycles. The van der Waals surface area contributed by atoms with Crippen molar-refractivity contribution in [2.45, 2.75) is 48.5 Å². The van der Waals surface area contributed by atoms with Crippen molar-refractivity contribution < 1.29 is 67.3 Å². The average Bonchev–Trinajstić information content (AvgIpc) is 2.24. The molecular weight excluding hydrogens is 375 g/mol. The zero-order valence-corrected chi connectivity index (χ0v) is 10.3. The lowest BCUT2D eigenvalue weighted by atomic mass is 9.90. The maximum absolute atomic E-state index is 12.9. The molecule has 0 saturated carbocycles. The lowest BCUT2D eigenvalue weighted by Crippen LogP contribution is -2.73. The Morgan fingerprint density at radius 2 is 0.652 bits per heavy atom. The second-order valence-corrected chi connectivity index (χ2v) is 4.39. The maximum Gasteiger partial charge on any atom is 0.460 e. The van der Waals surface area contributed by atoms with E-state index in [-0.39, 0.29) is 0 Å². The van der Waals surface area contributed by atoms with E-state index in [4.69, 9.17) is 10.2 Å². The van der Waals surface area contributed by atoms with Crippen LogP contribution in [0.3, 0.4) is 0 Å². The van der Waals surface area contributed by atoms with Crippen LogP contribution in [0.25, 0.3) is 0 Å². The second-order valence-electron chi connectivity index (χ2n) is 4.39. The third-order valence-electron chi connectivity index (χ3n) is 2.53. The molecule has 0 aromatic rings. The molecule has 23 heavy (non-hydrogen) atoms. The van der Waals surface area contributed by atoms with Gasteiger partial charge in [-0.25, -0.2) is 0 Å². The van der Waals surface area contributed by atoms with Gasteiger partial charge in [-0.05, 0) is 6.92 Å². The first-order valence-corrected chi connectivity index (χ1v) is 4.90. The minimum absolute atomic E-state index is 0.711. The van der Waals surface area contributed by atoms with Gasteiger partial charge in [-0.1, -0.05) is 0 Å². The van der Waals surface area contributed by atoms with Crippen LogP contribution in [0.15, 0.2) is 0 Å². The van der Waals surface area contributed by atoms with E-state index in [1.165, 1.54) is 0 Å². The molecule has 0 aliphatic carbocycles. The molecule has 0 amide bonds. The highest BCUT2D eigenvalue weighted by molar-refractivity contribution is 5.12. The summed E-state index contributed by atoms with van der Waals surface area (Å²) in [5, 5.41) is 16.4. The van der Waals surface area contributed by atoms with Gasteiger partial charge in [0.15, 0.2) is 0 Å². The molecule has 0 saturated heterocycles. The minimum atomic E-state index is -8.06. The summed E-state index contributed by atoms with van der Waals surface area (Å²) in [6, 6.07) is 0.